The number of nitrogens with zero attached hydrogens (tertiary/aromatic N) is 4. The van der Waals surface area contributed by atoms with Crippen molar-refractivity contribution >= 4 is 11.8 Å². The summed E-state index contributed by atoms with van der Waals surface area (Å²) in [6.07, 6.45) is 3.12. The van der Waals surface area contributed by atoms with E-state index in [-0.39, 0.29) is 12.4 Å². The number of hydrogen-bond acceptors (Lipinski definition) is 7. The topological polar surface area (TPSA) is 121 Å². The van der Waals surface area contributed by atoms with Crippen molar-refractivity contribution in [1.29, 1.82) is 5.26 Å². The number of hydrogen-bond donors (Lipinski definition) is 2. The van der Waals surface area contributed by atoms with E-state index in [1.807, 2.05) is 42.5 Å². The molecule has 0 aliphatic carbocycles. The van der Waals surface area contributed by atoms with E-state index in [2.05, 4.69) is 26.3 Å². The molecule has 4 aromatic rings. The molecule has 8 nitrogen and oxygen atoms in total. The standard InChI is InChI=1S/C26H21N5O3/c27-16-18-4-8-20(9-5-18)22(15-25(32)33)23-12-14-29-26(31-23)34-21-10-6-19(7-11-21)17-30-24-3-1-2-13-28-24/h1-14,22H,15,17H2,(H,28,30)(H,32,33). The van der Waals surface area contributed by atoms with Crippen LogP contribution in [0.3, 0.4) is 0 Å². The van der Waals surface area contributed by atoms with E-state index in [0.29, 0.717) is 23.6 Å². The molecule has 0 spiro atoms. The molecule has 2 heterocycles. The lowest BCUT2D eigenvalue weighted by atomic mass is 9.92. The van der Waals surface area contributed by atoms with Gasteiger partial charge in [0.05, 0.1) is 23.7 Å². The summed E-state index contributed by atoms with van der Waals surface area (Å²) >= 11 is 0. The van der Waals surface area contributed by atoms with Gasteiger partial charge in [0, 0.05) is 24.9 Å². The monoisotopic (exact) mass is 451 g/mol. The zero-order valence-electron chi connectivity index (χ0n) is 18.1. The van der Waals surface area contributed by atoms with Crippen LogP contribution in [0.15, 0.2) is 85.2 Å². The molecule has 8 heteroatoms. The first-order chi connectivity index (χ1) is 16.6. The summed E-state index contributed by atoms with van der Waals surface area (Å²) in [4.78, 5) is 24.4. The van der Waals surface area contributed by atoms with Gasteiger partial charge in [0.1, 0.15) is 11.6 Å². The van der Waals surface area contributed by atoms with Gasteiger partial charge in [-0.25, -0.2) is 9.97 Å². The highest BCUT2D eigenvalue weighted by atomic mass is 16.5. The third-order valence-electron chi connectivity index (χ3n) is 5.10. The highest BCUT2D eigenvalue weighted by Gasteiger charge is 2.20. The predicted octanol–water partition coefficient (Wildman–Crippen LogP) is 4.75. The molecule has 0 fully saturated rings. The van der Waals surface area contributed by atoms with Crippen LogP contribution < -0.4 is 10.1 Å². The zero-order chi connectivity index (χ0) is 23.8. The maximum Gasteiger partial charge on any atom is 0.322 e. The average Bonchev–Trinajstić information content (AvgIpc) is 2.88. The molecule has 1 atom stereocenters. The van der Waals surface area contributed by atoms with E-state index in [1.165, 1.54) is 0 Å². The second-order valence-electron chi connectivity index (χ2n) is 7.46. The minimum Gasteiger partial charge on any atom is -0.481 e. The summed E-state index contributed by atoms with van der Waals surface area (Å²) in [6.45, 7) is 0.616. The number of carboxylic acids is 1. The summed E-state index contributed by atoms with van der Waals surface area (Å²) in [6, 6.07) is 23.8. The summed E-state index contributed by atoms with van der Waals surface area (Å²) in [5.74, 6) is -0.0981. The molecule has 0 aliphatic heterocycles. The SMILES string of the molecule is N#Cc1ccc(C(CC(=O)O)c2ccnc(Oc3ccc(CNc4ccccn4)cc3)n2)cc1. The van der Waals surface area contributed by atoms with Gasteiger partial charge in [0.25, 0.3) is 0 Å². The van der Waals surface area contributed by atoms with Gasteiger partial charge in [-0.2, -0.15) is 10.2 Å². The van der Waals surface area contributed by atoms with Crippen molar-refractivity contribution in [3.05, 3.63) is 108 Å². The van der Waals surface area contributed by atoms with E-state index in [9.17, 15) is 9.90 Å². The Morgan fingerprint density at radius 1 is 1.00 bits per heavy atom. The number of carboxylic acid groups (broad SMARTS) is 1. The average molecular weight is 451 g/mol. The van der Waals surface area contributed by atoms with Gasteiger partial charge in [-0.1, -0.05) is 30.3 Å². The molecule has 1 unspecified atom stereocenters. The molecule has 0 amide bonds. The number of carbonyl (C=O) groups is 1. The summed E-state index contributed by atoms with van der Waals surface area (Å²) in [5, 5.41) is 21.7. The lowest BCUT2D eigenvalue weighted by Crippen LogP contribution is -2.10. The zero-order valence-corrected chi connectivity index (χ0v) is 18.1. The van der Waals surface area contributed by atoms with Crippen LogP contribution in [-0.2, 0) is 11.3 Å². The quantitative estimate of drug-likeness (QED) is 0.374. The Labute approximate surface area is 196 Å². The first kappa shape index (κ1) is 22.4. The normalized spacial score (nSPS) is 11.3. The number of benzene rings is 2. The van der Waals surface area contributed by atoms with Crippen molar-refractivity contribution < 1.29 is 14.6 Å². The van der Waals surface area contributed by atoms with Crippen LogP contribution in [0.2, 0.25) is 0 Å². The number of aliphatic carboxylic acids is 1. The highest BCUT2D eigenvalue weighted by Crippen LogP contribution is 2.28. The first-order valence-corrected chi connectivity index (χ1v) is 10.6. The fourth-order valence-corrected chi connectivity index (χ4v) is 3.40. The minimum absolute atomic E-state index is 0.126. The largest absolute Gasteiger partial charge is 0.481 e. The van der Waals surface area contributed by atoms with E-state index in [1.54, 1.807) is 42.7 Å². The number of aromatic nitrogens is 3. The van der Waals surface area contributed by atoms with Gasteiger partial charge >= 0.3 is 12.0 Å². The van der Waals surface area contributed by atoms with E-state index in [4.69, 9.17) is 10.00 Å². The molecule has 4 rings (SSSR count). The Kier molecular flexibility index (Phi) is 7.06. The number of anilines is 1. The molecule has 34 heavy (non-hydrogen) atoms. The smallest absolute Gasteiger partial charge is 0.322 e. The Morgan fingerprint density at radius 2 is 1.79 bits per heavy atom. The van der Waals surface area contributed by atoms with Crippen molar-refractivity contribution in [2.24, 2.45) is 0 Å². The molecular weight excluding hydrogens is 430 g/mol. The second-order valence-corrected chi connectivity index (χ2v) is 7.46. The molecule has 2 N–H and O–H groups in total. The van der Waals surface area contributed by atoms with Crippen LogP contribution in [0.5, 0.6) is 11.8 Å². The van der Waals surface area contributed by atoms with Gasteiger partial charge in [0.15, 0.2) is 0 Å². The molecule has 0 bridgehead atoms. The van der Waals surface area contributed by atoms with E-state index in [0.717, 1.165) is 16.9 Å². The van der Waals surface area contributed by atoms with Gasteiger partial charge in [-0.15, -0.1) is 0 Å². The van der Waals surface area contributed by atoms with Crippen molar-refractivity contribution in [3.8, 4) is 17.8 Å². The second kappa shape index (κ2) is 10.7. The maximum absolute atomic E-state index is 11.5. The molecule has 0 saturated carbocycles. The number of nitrogens with one attached hydrogen (secondary N) is 1. The van der Waals surface area contributed by atoms with E-state index >= 15 is 0 Å². The van der Waals surface area contributed by atoms with Crippen LogP contribution in [0.25, 0.3) is 0 Å². The Hall–Kier alpha value is -4.77. The van der Waals surface area contributed by atoms with Crippen molar-refractivity contribution in [1.82, 2.24) is 15.0 Å². The van der Waals surface area contributed by atoms with Gasteiger partial charge in [0.2, 0.25) is 0 Å². The number of ether oxygens (including phenoxy) is 1. The predicted molar refractivity (Wildman–Crippen MR) is 125 cm³/mol. The molecule has 0 radical (unpaired) electrons. The molecule has 2 aromatic heterocycles. The maximum atomic E-state index is 11.5. The molecule has 0 saturated heterocycles. The van der Waals surface area contributed by atoms with Crippen molar-refractivity contribution in [2.75, 3.05) is 5.32 Å². The fourth-order valence-electron chi connectivity index (χ4n) is 3.40. The Bertz CT molecular complexity index is 1290. The minimum atomic E-state index is -0.953. The van der Waals surface area contributed by atoms with Crippen LogP contribution >= 0.6 is 0 Å². The van der Waals surface area contributed by atoms with Crippen LogP contribution in [0.4, 0.5) is 5.82 Å². The number of nitriles is 1. The molecular formula is C26H21N5O3. The summed E-state index contributed by atoms with van der Waals surface area (Å²) < 4.78 is 5.82. The summed E-state index contributed by atoms with van der Waals surface area (Å²) in [5.41, 5.74) is 2.82. The van der Waals surface area contributed by atoms with Gasteiger partial charge < -0.3 is 15.2 Å². The molecule has 2 aromatic carbocycles. The lowest BCUT2D eigenvalue weighted by Gasteiger charge is -2.16. The van der Waals surface area contributed by atoms with Crippen molar-refractivity contribution in [3.63, 3.8) is 0 Å². The van der Waals surface area contributed by atoms with Gasteiger partial charge in [-0.3, -0.25) is 4.79 Å². The van der Waals surface area contributed by atoms with Crippen LogP contribution in [0.1, 0.15) is 34.7 Å². The third kappa shape index (κ3) is 5.93. The number of rotatable bonds is 9. The van der Waals surface area contributed by atoms with Crippen LogP contribution in [-0.4, -0.2) is 26.0 Å². The Balaban J connectivity index is 1.47. The van der Waals surface area contributed by atoms with Gasteiger partial charge in [-0.05, 0) is 53.6 Å². The fraction of sp³-hybridized carbons (Fsp3) is 0.115. The van der Waals surface area contributed by atoms with E-state index < -0.39 is 11.9 Å². The summed E-state index contributed by atoms with van der Waals surface area (Å²) in [7, 11) is 0. The third-order valence-corrected chi connectivity index (χ3v) is 5.10. The first-order valence-electron chi connectivity index (χ1n) is 10.6. The van der Waals surface area contributed by atoms with Crippen molar-refractivity contribution in [2.45, 2.75) is 18.9 Å². The molecule has 168 valence electrons. The van der Waals surface area contributed by atoms with Crippen LogP contribution in [0, 0.1) is 11.3 Å². The lowest BCUT2D eigenvalue weighted by molar-refractivity contribution is -0.137. The Morgan fingerprint density at radius 3 is 2.47 bits per heavy atom. The molecule has 0 aliphatic rings. The number of pyridine rings is 1. The highest BCUT2D eigenvalue weighted by molar-refractivity contribution is 5.69.